The Bertz CT molecular complexity index is 416. The molecule has 3 fully saturated rings. The summed E-state index contributed by atoms with van der Waals surface area (Å²) in [5.41, 5.74) is 0. The lowest BCUT2D eigenvalue weighted by Crippen LogP contribution is -2.57. The van der Waals surface area contributed by atoms with Crippen LogP contribution in [0.5, 0.6) is 0 Å². The van der Waals surface area contributed by atoms with Gasteiger partial charge in [-0.2, -0.15) is 5.26 Å². The number of nitrogens with one attached hydrogen (secondary N) is 1. The Morgan fingerprint density at radius 1 is 1.30 bits per heavy atom. The summed E-state index contributed by atoms with van der Waals surface area (Å²) in [6, 6.07) is 3.37. The van der Waals surface area contributed by atoms with Crippen LogP contribution < -0.4 is 5.32 Å². The maximum absolute atomic E-state index is 11.5. The molecule has 110 valence electrons. The molecule has 0 aromatic heterocycles. The van der Waals surface area contributed by atoms with Gasteiger partial charge in [-0.15, -0.1) is 0 Å². The lowest BCUT2D eigenvalue weighted by Gasteiger charge is -2.47. The monoisotopic (exact) mass is 275 g/mol. The van der Waals surface area contributed by atoms with E-state index in [1.807, 2.05) is 0 Å². The van der Waals surface area contributed by atoms with E-state index in [2.05, 4.69) is 23.2 Å². The van der Waals surface area contributed by atoms with E-state index in [9.17, 15) is 10.1 Å². The molecule has 4 nitrogen and oxygen atoms in total. The third-order valence-corrected chi connectivity index (χ3v) is 5.57. The van der Waals surface area contributed by atoms with Gasteiger partial charge in [0.05, 0.1) is 12.0 Å². The molecule has 1 saturated carbocycles. The number of likely N-dealkylation sites (tertiary alicyclic amines) is 1. The molecule has 0 aromatic rings. The molecule has 20 heavy (non-hydrogen) atoms. The average molecular weight is 275 g/mol. The Kier molecular flexibility index (Phi) is 3.98. The molecule has 3 aliphatic rings. The van der Waals surface area contributed by atoms with E-state index >= 15 is 0 Å². The number of carbonyl (C=O) groups excluding carboxylic acids is 1. The largest absolute Gasteiger partial charge is 0.353 e. The standard InChI is InChI=1S/C16H25N3O/c1-11-2-3-12(9-17)15(8-11)19-7-6-14-13(10-19)4-5-16(20)18-14/h11-15H,2-8,10H2,1H3,(H,18,20). The Morgan fingerprint density at radius 2 is 2.15 bits per heavy atom. The summed E-state index contributed by atoms with van der Waals surface area (Å²) >= 11 is 0. The molecule has 1 aliphatic carbocycles. The van der Waals surface area contributed by atoms with Crippen LogP contribution in [0.4, 0.5) is 0 Å². The molecule has 5 unspecified atom stereocenters. The minimum absolute atomic E-state index is 0.209. The summed E-state index contributed by atoms with van der Waals surface area (Å²) < 4.78 is 0. The van der Waals surface area contributed by atoms with Crippen molar-refractivity contribution < 1.29 is 4.79 Å². The fraction of sp³-hybridized carbons (Fsp3) is 0.875. The highest BCUT2D eigenvalue weighted by molar-refractivity contribution is 5.77. The molecular weight excluding hydrogens is 250 g/mol. The van der Waals surface area contributed by atoms with Gasteiger partial charge in [-0.3, -0.25) is 9.69 Å². The topological polar surface area (TPSA) is 56.1 Å². The van der Waals surface area contributed by atoms with Crippen LogP contribution in [0.25, 0.3) is 0 Å². The number of amides is 1. The lowest BCUT2D eigenvalue weighted by molar-refractivity contribution is -0.125. The predicted molar refractivity (Wildman–Crippen MR) is 76.8 cm³/mol. The third kappa shape index (κ3) is 2.69. The summed E-state index contributed by atoms with van der Waals surface area (Å²) in [4.78, 5) is 14.0. The van der Waals surface area contributed by atoms with Crippen LogP contribution >= 0.6 is 0 Å². The highest BCUT2D eigenvalue weighted by Crippen LogP contribution is 2.35. The predicted octanol–water partition coefficient (Wildman–Crippen LogP) is 1.92. The van der Waals surface area contributed by atoms with Crippen molar-refractivity contribution in [3.8, 4) is 6.07 Å². The van der Waals surface area contributed by atoms with Crippen LogP contribution in [-0.4, -0.2) is 36.0 Å². The smallest absolute Gasteiger partial charge is 0.220 e. The molecular formula is C16H25N3O. The SMILES string of the molecule is CC1CCC(C#N)C(N2CCC3NC(=O)CCC3C2)C1. The molecule has 1 N–H and O–H groups in total. The van der Waals surface area contributed by atoms with Gasteiger partial charge in [0.1, 0.15) is 0 Å². The third-order valence-electron chi connectivity index (χ3n) is 5.57. The van der Waals surface area contributed by atoms with E-state index < -0.39 is 0 Å². The maximum atomic E-state index is 11.5. The minimum atomic E-state index is 0.209. The van der Waals surface area contributed by atoms with Crippen molar-refractivity contribution in [2.24, 2.45) is 17.8 Å². The highest BCUT2D eigenvalue weighted by Gasteiger charge is 2.39. The Balaban J connectivity index is 1.66. The van der Waals surface area contributed by atoms with E-state index in [1.54, 1.807) is 0 Å². The highest BCUT2D eigenvalue weighted by atomic mass is 16.1. The van der Waals surface area contributed by atoms with Gasteiger partial charge in [0.2, 0.25) is 5.91 Å². The number of hydrogen-bond donors (Lipinski definition) is 1. The van der Waals surface area contributed by atoms with E-state index in [1.165, 1.54) is 12.8 Å². The number of nitriles is 1. The fourth-order valence-electron chi connectivity index (χ4n) is 4.34. The van der Waals surface area contributed by atoms with Crippen LogP contribution in [0.3, 0.4) is 0 Å². The van der Waals surface area contributed by atoms with Gasteiger partial charge in [-0.05, 0) is 43.9 Å². The van der Waals surface area contributed by atoms with Gasteiger partial charge in [0, 0.05) is 31.6 Å². The van der Waals surface area contributed by atoms with Crippen molar-refractivity contribution in [2.45, 2.75) is 57.5 Å². The molecule has 4 heteroatoms. The molecule has 0 spiro atoms. The number of nitrogens with zero attached hydrogens (tertiary/aromatic N) is 2. The number of fused-ring (bicyclic) bond motifs is 1. The van der Waals surface area contributed by atoms with E-state index in [0.29, 0.717) is 24.4 Å². The number of carbonyl (C=O) groups is 1. The van der Waals surface area contributed by atoms with Gasteiger partial charge in [-0.1, -0.05) is 6.92 Å². The van der Waals surface area contributed by atoms with Gasteiger partial charge in [0.15, 0.2) is 0 Å². The summed E-state index contributed by atoms with van der Waals surface area (Å²) in [7, 11) is 0. The van der Waals surface area contributed by atoms with Gasteiger partial charge in [-0.25, -0.2) is 0 Å². The molecule has 3 rings (SSSR count). The fourth-order valence-corrected chi connectivity index (χ4v) is 4.34. The van der Waals surface area contributed by atoms with Crippen LogP contribution in [0.15, 0.2) is 0 Å². The second-order valence-electron chi connectivity index (χ2n) is 6.98. The molecule has 2 heterocycles. The Hall–Kier alpha value is -1.08. The van der Waals surface area contributed by atoms with Gasteiger partial charge >= 0.3 is 0 Å². The van der Waals surface area contributed by atoms with E-state index in [0.717, 1.165) is 38.3 Å². The first-order valence-electron chi connectivity index (χ1n) is 8.10. The number of hydrogen-bond acceptors (Lipinski definition) is 3. The van der Waals surface area contributed by atoms with Gasteiger partial charge < -0.3 is 5.32 Å². The lowest BCUT2D eigenvalue weighted by atomic mass is 9.77. The Morgan fingerprint density at radius 3 is 2.95 bits per heavy atom. The molecule has 2 aliphatic heterocycles. The summed E-state index contributed by atoms with van der Waals surface area (Å²) in [6.07, 6.45) is 6.18. The molecule has 5 atom stereocenters. The molecule has 1 amide bonds. The van der Waals surface area contributed by atoms with Crippen molar-refractivity contribution in [3.05, 3.63) is 0 Å². The first-order valence-corrected chi connectivity index (χ1v) is 8.10. The summed E-state index contributed by atoms with van der Waals surface area (Å²) in [5, 5.41) is 12.6. The first kappa shape index (κ1) is 13.9. The molecule has 0 radical (unpaired) electrons. The summed E-state index contributed by atoms with van der Waals surface area (Å²) in [5.74, 6) is 1.77. The van der Waals surface area contributed by atoms with Crippen LogP contribution in [-0.2, 0) is 4.79 Å². The zero-order valence-electron chi connectivity index (χ0n) is 12.3. The van der Waals surface area contributed by atoms with Crippen molar-refractivity contribution in [2.75, 3.05) is 13.1 Å². The van der Waals surface area contributed by atoms with Crippen molar-refractivity contribution in [1.82, 2.24) is 10.2 Å². The minimum Gasteiger partial charge on any atom is -0.353 e. The number of piperidine rings is 2. The Labute approximate surface area is 121 Å². The van der Waals surface area contributed by atoms with Crippen molar-refractivity contribution >= 4 is 5.91 Å². The quantitative estimate of drug-likeness (QED) is 0.795. The second kappa shape index (κ2) is 5.73. The normalized spacial score (nSPS) is 42.4. The number of rotatable bonds is 1. The first-order chi connectivity index (χ1) is 9.67. The summed E-state index contributed by atoms with van der Waals surface area (Å²) in [6.45, 7) is 4.42. The van der Waals surface area contributed by atoms with Crippen LogP contribution in [0.1, 0.15) is 45.4 Å². The van der Waals surface area contributed by atoms with Gasteiger partial charge in [0.25, 0.3) is 0 Å². The van der Waals surface area contributed by atoms with Crippen molar-refractivity contribution in [3.63, 3.8) is 0 Å². The van der Waals surface area contributed by atoms with E-state index in [-0.39, 0.29) is 11.8 Å². The second-order valence-corrected chi connectivity index (χ2v) is 6.98. The van der Waals surface area contributed by atoms with Crippen LogP contribution in [0.2, 0.25) is 0 Å². The van der Waals surface area contributed by atoms with Crippen molar-refractivity contribution in [1.29, 1.82) is 5.26 Å². The molecule has 0 bridgehead atoms. The van der Waals surface area contributed by atoms with E-state index in [4.69, 9.17) is 0 Å². The zero-order chi connectivity index (χ0) is 14.1. The van der Waals surface area contributed by atoms with Crippen LogP contribution in [0, 0.1) is 29.1 Å². The average Bonchev–Trinajstić information content (AvgIpc) is 2.46. The maximum Gasteiger partial charge on any atom is 0.220 e. The zero-order valence-corrected chi connectivity index (χ0v) is 12.3. The molecule has 2 saturated heterocycles. The molecule has 0 aromatic carbocycles.